The fraction of sp³-hybridized carbons (Fsp3) is 0.812. The highest BCUT2D eigenvalue weighted by molar-refractivity contribution is 5.81. The first-order valence-electron chi connectivity index (χ1n) is 7.59. The van der Waals surface area contributed by atoms with Crippen molar-refractivity contribution in [2.45, 2.75) is 76.2 Å². The summed E-state index contributed by atoms with van der Waals surface area (Å²) in [6, 6.07) is 0. The molecule has 0 amide bonds. The zero-order valence-electron chi connectivity index (χ0n) is 11.5. The molecule has 0 aromatic rings. The van der Waals surface area contributed by atoms with Crippen LogP contribution in [0.15, 0.2) is 12.7 Å². The molecule has 2 heteroatoms. The first-order valence-corrected chi connectivity index (χ1v) is 7.59. The van der Waals surface area contributed by atoms with Gasteiger partial charge in [0.05, 0.1) is 0 Å². The minimum Gasteiger partial charge on any atom is -0.456 e. The highest BCUT2D eigenvalue weighted by Crippen LogP contribution is 2.43. The van der Waals surface area contributed by atoms with Crippen LogP contribution in [-0.2, 0) is 9.53 Å². The summed E-state index contributed by atoms with van der Waals surface area (Å²) >= 11 is 0. The fourth-order valence-corrected chi connectivity index (χ4v) is 3.66. The lowest BCUT2D eigenvalue weighted by molar-refractivity contribution is -0.154. The molecular formula is C16H26O2. The molecule has 2 bridgehead atoms. The number of carbonyl (C=O) groups excluding carboxylic acids is 1. The third-order valence-corrected chi connectivity index (χ3v) is 4.65. The Morgan fingerprint density at radius 1 is 1.06 bits per heavy atom. The van der Waals surface area contributed by atoms with Crippen LogP contribution in [0.3, 0.4) is 0 Å². The van der Waals surface area contributed by atoms with Crippen molar-refractivity contribution in [2.24, 2.45) is 5.92 Å². The normalized spacial score (nSPS) is 33.4. The van der Waals surface area contributed by atoms with Gasteiger partial charge in [-0.25, -0.2) is 4.79 Å². The molecule has 0 aromatic carbocycles. The Balaban J connectivity index is 2.00. The predicted molar refractivity (Wildman–Crippen MR) is 73.3 cm³/mol. The van der Waals surface area contributed by atoms with Gasteiger partial charge in [-0.1, -0.05) is 45.1 Å². The van der Waals surface area contributed by atoms with Crippen molar-refractivity contribution in [3.63, 3.8) is 0 Å². The van der Waals surface area contributed by atoms with Crippen LogP contribution in [0.2, 0.25) is 0 Å². The van der Waals surface area contributed by atoms with E-state index in [0.29, 0.717) is 0 Å². The quantitative estimate of drug-likeness (QED) is 0.536. The van der Waals surface area contributed by atoms with Crippen LogP contribution in [0.4, 0.5) is 0 Å². The third-order valence-electron chi connectivity index (χ3n) is 4.65. The molecule has 0 heterocycles. The van der Waals surface area contributed by atoms with Crippen LogP contribution in [0.5, 0.6) is 0 Å². The molecule has 102 valence electrons. The van der Waals surface area contributed by atoms with E-state index < -0.39 is 0 Å². The van der Waals surface area contributed by atoms with Crippen LogP contribution in [0, 0.1) is 5.92 Å². The SMILES string of the molecule is C=CC(=O)OC12CCCCCCCCC(CC1)C2. The molecule has 2 unspecified atom stereocenters. The second-order valence-corrected chi connectivity index (χ2v) is 6.08. The average Bonchev–Trinajstić information content (AvgIpc) is 2.73. The summed E-state index contributed by atoms with van der Waals surface area (Å²) in [6.45, 7) is 3.52. The maximum atomic E-state index is 11.5. The summed E-state index contributed by atoms with van der Waals surface area (Å²) in [4.78, 5) is 11.5. The van der Waals surface area contributed by atoms with Crippen LogP contribution < -0.4 is 0 Å². The summed E-state index contributed by atoms with van der Waals surface area (Å²) in [5, 5.41) is 0. The topological polar surface area (TPSA) is 26.3 Å². The van der Waals surface area contributed by atoms with Gasteiger partial charge in [-0.15, -0.1) is 0 Å². The maximum absolute atomic E-state index is 11.5. The Morgan fingerprint density at radius 3 is 2.56 bits per heavy atom. The minimum absolute atomic E-state index is 0.152. The summed E-state index contributed by atoms with van der Waals surface area (Å²) in [6.07, 6.45) is 15.1. The number of ether oxygens (including phenoxy) is 1. The molecule has 0 saturated heterocycles. The van der Waals surface area contributed by atoms with Crippen LogP contribution >= 0.6 is 0 Å². The standard InChI is InChI=1S/C16H26O2/c1-2-15(17)18-16-11-8-6-4-3-5-7-9-14(13-16)10-12-16/h2,14H,1,3-13H2. The number of hydrogen-bond donors (Lipinski definition) is 0. The monoisotopic (exact) mass is 250 g/mol. The number of rotatable bonds is 2. The largest absolute Gasteiger partial charge is 0.456 e. The Labute approximate surface area is 111 Å². The van der Waals surface area contributed by atoms with Crippen molar-refractivity contribution in [2.75, 3.05) is 0 Å². The lowest BCUT2D eigenvalue weighted by Crippen LogP contribution is -2.32. The molecule has 18 heavy (non-hydrogen) atoms. The first kappa shape index (κ1) is 13.6. The van der Waals surface area contributed by atoms with E-state index in [9.17, 15) is 4.79 Å². The number of esters is 1. The molecule has 2 atom stereocenters. The van der Waals surface area contributed by atoms with E-state index in [4.69, 9.17) is 4.74 Å². The van der Waals surface area contributed by atoms with Crippen molar-refractivity contribution in [1.29, 1.82) is 0 Å². The van der Waals surface area contributed by atoms with Gasteiger partial charge in [0.25, 0.3) is 0 Å². The zero-order chi connectivity index (χ0) is 12.8. The highest BCUT2D eigenvalue weighted by atomic mass is 16.6. The lowest BCUT2D eigenvalue weighted by atomic mass is 9.92. The molecule has 0 N–H and O–H groups in total. The summed E-state index contributed by atoms with van der Waals surface area (Å²) in [7, 11) is 0. The summed E-state index contributed by atoms with van der Waals surface area (Å²) in [5.41, 5.74) is -0.152. The van der Waals surface area contributed by atoms with E-state index in [2.05, 4.69) is 6.58 Å². The van der Waals surface area contributed by atoms with Gasteiger partial charge in [0.1, 0.15) is 5.60 Å². The molecule has 2 nitrogen and oxygen atoms in total. The zero-order valence-corrected chi connectivity index (χ0v) is 11.5. The van der Waals surface area contributed by atoms with E-state index in [1.807, 2.05) is 0 Å². The molecule has 0 aliphatic heterocycles. The van der Waals surface area contributed by atoms with Gasteiger partial charge in [0.2, 0.25) is 0 Å². The summed E-state index contributed by atoms with van der Waals surface area (Å²) < 4.78 is 5.73. The molecule has 2 saturated carbocycles. The third kappa shape index (κ3) is 3.60. The number of fused-ring (bicyclic) bond motifs is 2. The Hall–Kier alpha value is -0.790. The van der Waals surface area contributed by atoms with Gasteiger partial charge in [0, 0.05) is 6.08 Å². The van der Waals surface area contributed by atoms with Crippen molar-refractivity contribution < 1.29 is 9.53 Å². The molecular weight excluding hydrogens is 224 g/mol. The molecule has 0 aromatic heterocycles. The average molecular weight is 250 g/mol. The Bertz CT molecular complexity index is 297. The van der Waals surface area contributed by atoms with Gasteiger partial charge in [-0.3, -0.25) is 0 Å². The highest BCUT2D eigenvalue weighted by Gasteiger charge is 2.41. The Kier molecular flexibility index (Phi) is 4.85. The van der Waals surface area contributed by atoms with Crippen molar-refractivity contribution in [1.82, 2.24) is 0 Å². The second-order valence-electron chi connectivity index (χ2n) is 6.08. The minimum atomic E-state index is -0.231. The molecule has 0 spiro atoms. The van der Waals surface area contributed by atoms with E-state index in [-0.39, 0.29) is 11.6 Å². The van der Waals surface area contributed by atoms with Crippen LogP contribution in [0.25, 0.3) is 0 Å². The lowest BCUT2D eigenvalue weighted by Gasteiger charge is -2.29. The van der Waals surface area contributed by atoms with Crippen LogP contribution in [0.1, 0.15) is 70.6 Å². The van der Waals surface area contributed by atoms with E-state index >= 15 is 0 Å². The van der Waals surface area contributed by atoms with Gasteiger partial charge in [-0.05, 0) is 38.0 Å². The first-order chi connectivity index (χ1) is 8.74. The van der Waals surface area contributed by atoms with E-state index in [1.54, 1.807) is 0 Å². The Morgan fingerprint density at radius 2 is 1.78 bits per heavy atom. The van der Waals surface area contributed by atoms with E-state index in [0.717, 1.165) is 25.2 Å². The fourth-order valence-electron chi connectivity index (χ4n) is 3.66. The van der Waals surface area contributed by atoms with Gasteiger partial charge in [-0.2, -0.15) is 0 Å². The van der Waals surface area contributed by atoms with Gasteiger partial charge >= 0.3 is 5.97 Å². The molecule has 2 aliphatic carbocycles. The van der Waals surface area contributed by atoms with Crippen molar-refractivity contribution in [3.05, 3.63) is 12.7 Å². The predicted octanol–water partition coefficient (Wildman–Crippen LogP) is 4.39. The number of carbonyl (C=O) groups is 1. The smallest absolute Gasteiger partial charge is 0.330 e. The maximum Gasteiger partial charge on any atom is 0.330 e. The molecule has 0 radical (unpaired) electrons. The molecule has 2 aliphatic rings. The summed E-state index contributed by atoms with van der Waals surface area (Å²) in [5.74, 6) is 0.547. The molecule has 2 rings (SSSR count). The van der Waals surface area contributed by atoms with Crippen LogP contribution in [-0.4, -0.2) is 11.6 Å². The van der Waals surface area contributed by atoms with Gasteiger partial charge in [0.15, 0.2) is 0 Å². The van der Waals surface area contributed by atoms with Crippen molar-refractivity contribution >= 4 is 5.97 Å². The van der Waals surface area contributed by atoms with E-state index in [1.165, 1.54) is 57.4 Å². The second kappa shape index (κ2) is 6.40. The molecule has 2 fully saturated rings. The number of hydrogen-bond acceptors (Lipinski definition) is 2. The van der Waals surface area contributed by atoms with Crippen molar-refractivity contribution in [3.8, 4) is 0 Å². The van der Waals surface area contributed by atoms with Gasteiger partial charge < -0.3 is 4.74 Å².